The number of hydrogen-bond acceptors (Lipinski definition) is 2. The van der Waals surface area contributed by atoms with Crippen molar-refractivity contribution in [1.29, 1.82) is 0 Å². The van der Waals surface area contributed by atoms with Gasteiger partial charge in [0.25, 0.3) is 0 Å². The van der Waals surface area contributed by atoms with Gasteiger partial charge in [-0.05, 0) is 70.4 Å². The van der Waals surface area contributed by atoms with E-state index in [4.69, 9.17) is 9.47 Å². The average molecular weight is 348 g/mol. The first kappa shape index (κ1) is 18.3. The number of aryl methyl sites for hydroxylation is 4. The fourth-order valence-corrected chi connectivity index (χ4v) is 3.50. The SMILES string of the molecule is CC1=C(Oc2ccc(C)cc2C)C(C)C(C)=C1Oc1ccc(C)cc1C. The molecule has 0 saturated carbocycles. The molecule has 2 nitrogen and oxygen atoms in total. The van der Waals surface area contributed by atoms with Crippen LogP contribution < -0.4 is 9.47 Å². The van der Waals surface area contributed by atoms with Crippen molar-refractivity contribution in [3.8, 4) is 11.5 Å². The Hall–Kier alpha value is -2.48. The maximum absolute atomic E-state index is 6.33. The normalized spacial score (nSPS) is 17.1. The Kier molecular flexibility index (Phi) is 4.95. The summed E-state index contributed by atoms with van der Waals surface area (Å²) in [5.41, 5.74) is 7.07. The van der Waals surface area contributed by atoms with Crippen molar-refractivity contribution in [2.75, 3.05) is 0 Å². The lowest BCUT2D eigenvalue weighted by Gasteiger charge is -2.15. The minimum absolute atomic E-state index is 0.205. The fourth-order valence-electron chi connectivity index (χ4n) is 3.50. The molecular weight excluding hydrogens is 320 g/mol. The Morgan fingerprint density at radius 1 is 0.692 bits per heavy atom. The van der Waals surface area contributed by atoms with Crippen molar-refractivity contribution in [3.63, 3.8) is 0 Å². The molecule has 0 radical (unpaired) electrons. The van der Waals surface area contributed by atoms with Gasteiger partial charge in [-0.1, -0.05) is 42.3 Å². The molecule has 0 saturated heterocycles. The van der Waals surface area contributed by atoms with Gasteiger partial charge in [-0.15, -0.1) is 0 Å². The molecule has 1 aliphatic rings. The summed E-state index contributed by atoms with van der Waals surface area (Å²) in [5, 5.41) is 0. The Labute approximate surface area is 157 Å². The summed E-state index contributed by atoms with van der Waals surface area (Å²) in [4.78, 5) is 0. The van der Waals surface area contributed by atoms with E-state index in [1.54, 1.807) is 0 Å². The molecule has 0 N–H and O–H groups in total. The van der Waals surface area contributed by atoms with Gasteiger partial charge in [-0.2, -0.15) is 0 Å². The highest BCUT2D eigenvalue weighted by molar-refractivity contribution is 5.48. The second kappa shape index (κ2) is 7.03. The van der Waals surface area contributed by atoms with Crippen LogP contribution in [-0.2, 0) is 0 Å². The molecule has 0 aliphatic heterocycles. The zero-order valence-electron chi connectivity index (χ0n) is 16.9. The van der Waals surface area contributed by atoms with Crippen molar-refractivity contribution < 1.29 is 9.47 Å². The maximum Gasteiger partial charge on any atom is 0.133 e. The lowest BCUT2D eigenvalue weighted by molar-refractivity contribution is 0.374. The first-order valence-corrected chi connectivity index (χ1v) is 9.20. The van der Waals surface area contributed by atoms with E-state index in [2.05, 4.69) is 78.8 Å². The van der Waals surface area contributed by atoms with Gasteiger partial charge >= 0.3 is 0 Å². The number of rotatable bonds is 4. The second-order valence-electron chi connectivity index (χ2n) is 7.47. The summed E-state index contributed by atoms with van der Waals surface area (Å²) in [6, 6.07) is 12.6. The summed E-state index contributed by atoms with van der Waals surface area (Å²) < 4.78 is 12.6. The molecule has 0 fully saturated rings. The lowest BCUT2D eigenvalue weighted by atomic mass is 10.1. The predicted octanol–water partition coefficient (Wildman–Crippen LogP) is 6.58. The molecule has 2 heteroatoms. The topological polar surface area (TPSA) is 18.5 Å². The summed E-state index contributed by atoms with van der Waals surface area (Å²) in [6.07, 6.45) is 0. The minimum Gasteiger partial charge on any atom is -0.460 e. The molecule has 0 bridgehead atoms. The van der Waals surface area contributed by atoms with Crippen LogP contribution in [0.15, 0.2) is 59.1 Å². The molecular formula is C24H28O2. The van der Waals surface area contributed by atoms with Gasteiger partial charge in [0, 0.05) is 11.5 Å². The molecule has 2 aromatic carbocycles. The molecule has 0 aromatic heterocycles. The quantitative estimate of drug-likeness (QED) is 0.621. The largest absolute Gasteiger partial charge is 0.460 e. The van der Waals surface area contributed by atoms with Crippen LogP contribution in [0.1, 0.15) is 43.0 Å². The van der Waals surface area contributed by atoms with Gasteiger partial charge in [0.1, 0.15) is 23.0 Å². The van der Waals surface area contributed by atoms with Crippen LogP contribution in [0.4, 0.5) is 0 Å². The first-order valence-electron chi connectivity index (χ1n) is 9.20. The number of hydrogen-bond donors (Lipinski definition) is 0. The van der Waals surface area contributed by atoms with E-state index in [1.807, 2.05) is 6.07 Å². The van der Waals surface area contributed by atoms with E-state index in [1.165, 1.54) is 16.7 Å². The van der Waals surface area contributed by atoms with Crippen LogP contribution in [0.5, 0.6) is 11.5 Å². The van der Waals surface area contributed by atoms with Crippen molar-refractivity contribution >= 4 is 0 Å². The highest BCUT2D eigenvalue weighted by atomic mass is 16.5. The summed E-state index contributed by atoms with van der Waals surface area (Å²) in [7, 11) is 0. The Bertz CT molecular complexity index is 916. The van der Waals surface area contributed by atoms with Crippen LogP contribution in [0.2, 0.25) is 0 Å². The highest BCUT2D eigenvalue weighted by Gasteiger charge is 2.30. The molecule has 1 aliphatic carbocycles. The third-order valence-electron chi connectivity index (χ3n) is 5.20. The zero-order valence-corrected chi connectivity index (χ0v) is 16.9. The van der Waals surface area contributed by atoms with Gasteiger partial charge in [-0.25, -0.2) is 0 Å². The molecule has 0 spiro atoms. The molecule has 1 atom stereocenters. The first-order chi connectivity index (χ1) is 12.3. The lowest BCUT2D eigenvalue weighted by Crippen LogP contribution is -2.05. The van der Waals surface area contributed by atoms with Crippen molar-refractivity contribution in [2.45, 2.75) is 48.5 Å². The Balaban J connectivity index is 1.91. The summed E-state index contributed by atoms with van der Waals surface area (Å²) in [6.45, 7) is 14.8. The molecule has 1 unspecified atom stereocenters. The Morgan fingerprint density at radius 3 is 1.69 bits per heavy atom. The van der Waals surface area contributed by atoms with Crippen molar-refractivity contribution in [3.05, 3.63) is 81.3 Å². The van der Waals surface area contributed by atoms with Gasteiger partial charge < -0.3 is 9.47 Å². The molecule has 0 heterocycles. The third-order valence-corrected chi connectivity index (χ3v) is 5.20. The van der Waals surface area contributed by atoms with E-state index < -0.39 is 0 Å². The van der Waals surface area contributed by atoms with Crippen LogP contribution in [0.3, 0.4) is 0 Å². The van der Waals surface area contributed by atoms with Gasteiger partial charge in [0.2, 0.25) is 0 Å². The second-order valence-corrected chi connectivity index (χ2v) is 7.47. The predicted molar refractivity (Wildman–Crippen MR) is 108 cm³/mol. The van der Waals surface area contributed by atoms with Crippen molar-refractivity contribution in [1.82, 2.24) is 0 Å². The standard InChI is InChI=1S/C24H28O2/c1-14-8-10-21(16(3)12-14)25-23-18(5)19(6)24(20(23)7)26-22-11-9-15(2)13-17(22)4/h8-13,18H,1-7H3. The average Bonchev–Trinajstić information content (AvgIpc) is 2.77. The van der Waals surface area contributed by atoms with E-state index in [9.17, 15) is 0 Å². The molecule has 2 aromatic rings. The van der Waals surface area contributed by atoms with E-state index in [-0.39, 0.29) is 5.92 Å². The summed E-state index contributed by atoms with van der Waals surface area (Å²) in [5.74, 6) is 3.94. The number of ether oxygens (including phenoxy) is 2. The smallest absolute Gasteiger partial charge is 0.133 e. The number of allylic oxidation sites excluding steroid dienone is 2. The molecule has 26 heavy (non-hydrogen) atoms. The Morgan fingerprint density at radius 2 is 1.19 bits per heavy atom. The maximum atomic E-state index is 6.33. The van der Waals surface area contributed by atoms with Crippen LogP contribution in [-0.4, -0.2) is 0 Å². The van der Waals surface area contributed by atoms with Gasteiger partial charge in [-0.3, -0.25) is 0 Å². The third kappa shape index (κ3) is 3.41. The zero-order chi connectivity index (χ0) is 19.0. The van der Waals surface area contributed by atoms with Crippen molar-refractivity contribution in [2.24, 2.45) is 5.92 Å². The molecule has 0 amide bonds. The van der Waals surface area contributed by atoms with Gasteiger partial charge in [0.05, 0.1) is 0 Å². The van der Waals surface area contributed by atoms with Crippen LogP contribution in [0.25, 0.3) is 0 Å². The molecule has 136 valence electrons. The van der Waals surface area contributed by atoms with E-state index >= 15 is 0 Å². The minimum atomic E-state index is 0.205. The van der Waals surface area contributed by atoms with Gasteiger partial charge in [0.15, 0.2) is 0 Å². The van der Waals surface area contributed by atoms with Crippen LogP contribution >= 0.6 is 0 Å². The highest BCUT2D eigenvalue weighted by Crippen LogP contribution is 2.40. The monoisotopic (exact) mass is 348 g/mol. The van der Waals surface area contributed by atoms with E-state index in [0.717, 1.165) is 39.7 Å². The number of benzene rings is 2. The van der Waals surface area contributed by atoms with E-state index in [0.29, 0.717) is 0 Å². The summed E-state index contributed by atoms with van der Waals surface area (Å²) >= 11 is 0. The molecule has 3 rings (SSSR count). The fraction of sp³-hybridized carbons (Fsp3) is 0.333. The van der Waals surface area contributed by atoms with Crippen LogP contribution in [0, 0.1) is 33.6 Å².